The lowest BCUT2D eigenvalue weighted by Crippen LogP contribution is -2.41. The molecule has 0 unspecified atom stereocenters. The Morgan fingerprint density at radius 3 is 2.59 bits per heavy atom. The standard InChI is InChI=1S/C23H34N2O2/c1-13(2)11-19(24)22(27)25-10-6-7-17-14(3)12-18-20(17)15(4)23(8-9-23)16(5)21(18)26/h12-13,16,19H,6-11,24H2,1-5H3,(H,25,27)/t16-,19+/m1/s1. The fourth-order valence-corrected chi connectivity index (χ4v) is 4.90. The smallest absolute Gasteiger partial charge is 0.236 e. The number of rotatable bonds is 7. The van der Waals surface area contributed by atoms with E-state index in [9.17, 15) is 9.59 Å². The molecule has 4 heteroatoms. The first-order valence-electron chi connectivity index (χ1n) is 10.4. The van der Waals surface area contributed by atoms with Gasteiger partial charge < -0.3 is 11.1 Å². The van der Waals surface area contributed by atoms with E-state index in [1.807, 2.05) is 0 Å². The van der Waals surface area contributed by atoms with Gasteiger partial charge in [-0.25, -0.2) is 0 Å². The number of nitrogens with two attached hydrogens (primary N) is 1. The summed E-state index contributed by atoms with van der Waals surface area (Å²) in [6.45, 7) is 11.2. The van der Waals surface area contributed by atoms with Crippen LogP contribution in [0.2, 0.25) is 0 Å². The van der Waals surface area contributed by atoms with E-state index in [1.54, 1.807) is 0 Å². The normalized spacial score (nSPS) is 24.5. The first-order valence-corrected chi connectivity index (χ1v) is 10.4. The Balaban J connectivity index is 1.62. The van der Waals surface area contributed by atoms with E-state index in [4.69, 9.17) is 5.73 Å². The molecule has 3 rings (SSSR count). The van der Waals surface area contributed by atoms with Gasteiger partial charge >= 0.3 is 0 Å². The molecule has 27 heavy (non-hydrogen) atoms. The highest BCUT2D eigenvalue weighted by molar-refractivity contribution is 6.07. The van der Waals surface area contributed by atoms with Gasteiger partial charge in [0, 0.05) is 23.5 Å². The van der Waals surface area contributed by atoms with E-state index >= 15 is 0 Å². The van der Waals surface area contributed by atoms with E-state index < -0.39 is 6.04 Å². The summed E-state index contributed by atoms with van der Waals surface area (Å²) in [5.41, 5.74) is 12.1. The van der Waals surface area contributed by atoms with Gasteiger partial charge in [0.05, 0.1) is 6.04 Å². The molecule has 0 aromatic heterocycles. The molecule has 3 N–H and O–H groups in total. The van der Waals surface area contributed by atoms with Crippen LogP contribution in [0.5, 0.6) is 0 Å². The molecule has 0 aromatic rings. The van der Waals surface area contributed by atoms with Crippen LogP contribution in [0.15, 0.2) is 33.9 Å². The lowest BCUT2D eigenvalue weighted by Gasteiger charge is -2.32. The van der Waals surface area contributed by atoms with E-state index in [0.29, 0.717) is 24.7 Å². The van der Waals surface area contributed by atoms with Crippen molar-refractivity contribution in [3.8, 4) is 0 Å². The molecule has 3 aliphatic carbocycles. The molecule has 3 aliphatic rings. The van der Waals surface area contributed by atoms with Crippen molar-refractivity contribution >= 4 is 11.7 Å². The summed E-state index contributed by atoms with van der Waals surface area (Å²) in [7, 11) is 0. The topological polar surface area (TPSA) is 72.2 Å². The average Bonchev–Trinajstić information content (AvgIpc) is 3.34. The largest absolute Gasteiger partial charge is 0.355 e. The number of allylic oxidation sites excluding steroid dienone is 6. The third-order valence-corrected chi connectivity index (χ3v) is 6.77. The second-order valence-corrected chi connectivity index (χ2v) is 9.09. The van der Waals surface area contributed by atoms with Gasteiger partial charge in [-0.05, 0) is 74.7 Å². The number of carbonyl (C=O) groups is 2. The van der Waals surface area contributed by atoms with Crippen LogP contribution in [0.3, 0.4) is 0 Å². The molecule has 0 saturated heterocycles. The molecule has 1 saturated carbocycles. The van der Waals surface area contributed by atoms with Crippen molar-refractivity contribution in [3.05, 3.63) is 33.9 Å². The van der Waals surface area contributed by atoms with Crippen LogP contribution >= 0.6 is 0 Å². The van der Waals surface area contributed by atoms with E-state index in [0.717, 1.165) is 31.3 Å². The Morgan fingerprint density at radius 1 is 1.33 bits per heavy atom. The van der Waals surface area contributed by atoms with E-state index in [2.05, 4.69) is 46.0 Å². The highest BCUT2D eigenvalue weighted by Gasteiger charge is 2.56. The van der Waals surface area contributed by atoms with Gasteiger partial charge in [-0.3, -0.25) is 9.59 Å². The number of hydrogen-bond donors (Lipinski definition) is 2. The second kappa shape index (κ2) is 7.38. The Morgan fingerprint density at radius 2 is 2.00 bits per heavy atom. The number of ketones is 1. The zero-order valence-corrected chi connectivity index (χ0v) is 17.4. The van der Waals surface area contributed by atoms with E-state index in [-0.39, 0.29) is 17.2 Å². The number of nitrogens with one attached hydrogen (secondary N) is 1. The summed E-state index contributed by atoms with van der Waals surface area (Å²) >= 11 is 0. The molecular formula is C23H34N2O2. The Hall–Kier alpha value is -1.68. The first-order chi connectivity index (χ1) is 12.7. The Bertz CT molecular complexity index is 750. The first kappa shape index (κ1) is 20.1. The molecule has 0 aliphatic heterocycles. The molecular weight excluding hydrogens is 336 g/mol. The van der Waals surface area contributed by atoms with Crippen LogP contribution in [0.1, 0.15) is 66.7 Å². The third-order valence-electron chi connectivity index (χ3n) is 6.77. The zero-order valence-electron chi connectivity index (χ0n) is 17.4. The predicted molar refractivity (Wildman–Crippen MR) is 109 cm³/mol. The molecule has 1 fully saturated rings. The van der Waals surface area contributed by atoms with Crippen molar-refractivity contribution in [1.82, 2.24) is 5.32 Å². The summed E-state index contributed by atoms with van der Waals surface area (Å²) in [4.78, 5) is 25.0. The van der Waals surface area contributed by atoms with Crippen molar-refractivity contribution in [2.24, 2.45) is 23.0 Å². The van der Waals surface area contributed by atoms with Crippen molar-refractivity contribution in [1.29, 1.82) is 0 Å². The quantitative estimate of drug-likeness (QED) is 0.669. The molecule has 0 bridgehead atoms. The predicted octanol–water partition coefficient (Wildman–Crippen LogP) is 3.83. The van der Waals surface area contributed by atoms with E-state index in [1.165, 1.54) is 22.3 Å². The van der Waals surface area contributed by atoms with Gasteiger partial charge in [0.15, 0.2) is 5.78 Å². The van der Waals surface area contributed by atoms with Crippen molar-refractivity contribution in [2.75, 3.05) is 6.54 Å². The van der Waals surface area contributed by atoms with Crippen LogP contribution in [0, 0.1) is 17.3 Å². The number of amides is 1. The Kier molecular flexibility index (Phi) is 5.49. The van der Waals surface area contributed by atoms with Crippen molar-refractivity contribution < 1.29 is 9.59 Å². The lowest BCUT2D eigenvalue weighted by atomic mass is 9.70. The van der Waals surface area contributed by atoms with Gasteiger partial charge in [-0.2, -0.15) is 0 Å². The zero-order chi connectivity index (χ0) is 19.9. The number of fused-ring (bicyclic) bond motifs is 1. The Labute approximate surface area is 163 Å². The fourth-order valence-electron chi connectivity index (χ4n) is 4.90. The summed E-state index contributed by atoms with van der Waals surface area (Å²) in [6, 6.07) is -0.428. The minimum Gasteiger partial charge on any atom is -0.355 e. The van der Waals surface area contributed by atoms with Gasteiger partial charge in [0.1, 0.15) is 0 Å². The molecule has 148 valence electrons. The third kappa shape index (κ3) is 3.56. The van der Waals surface area contributed by atoms with Crippen molar-refractivity contribution in [2.45, 2.75) is 72.8 Å². The monoisotopic (exact) mass is 370 g/mol. The van der Waals surface area contributed by atoms with Crippen LogP contribution < -0.4 is 11.1 Å². The molecule has 0 aromatic carbocycles. The molecule has 0 heterocycles. The maximum Gasteiger partial charge on any atom is 0.236 e. The number of hydrogen-bond acceptors (Lipinski definition) is 3. The lowest BCUT2D eigenvalue weighted by molar-refractivity contribution is -0.122. The van der Waals surface area contributed by atoms with Crippen molar-refractivity contribution in [3.63, 3.8) is 0 Å². The SMILES string of the molecule is CC1=C(CCCNC(=O)[C@@H](N)CC(C)C)C2=C(C)C3(CC3)[C@H](C)C(=O)C2=C1. The maximum absolute atomic E-state index is 12.9. The summed E-state index contributed by atoms with van der Waals surface area (Å²) in [5, 5.41) is 2.97. The van der Waals surface area contributed by atoms with Crippen LogP contribution in [0.4, 0.5) is 0 Å². The summed E-state index contributed by atoms with van der Waals surface area (Å²) in [6.07, 6.45) is 6.81. The average molecular weight is 371 g/mol. The summed E-state index contributed by atoms with van der Waals surface area (Å²) in [5.74, 6) is 0.780. The fraction of sp³-hybridized carbons (Fsp3) is 0.652. The number of carbonyl (C=O) groups excluding carboxylic acids is 2. The minimum absolute atomic E-state index is 0.0614. The maximum atomic E-state index is 12.9. The molecule has 1 spiro atoms. The highest BCUT2D eigenvalue weighted by atomic mass is 16.2. The molecule has 0 radical (unpaired) electrons. The van der Waals surface area contributed by atoms with Crippen LogP contribution in [0.25, 0.3) is 0 Å². The molecule has 4 nitrogen and oxygen atoms in total. The molecule has 2 atom stereocenters. The minimum atomic E-state index is -0.428. The van der Waals surface area contributed by atoms with Crippen LogP contribution in [-0.4, -0.2) is 24.3 Å². The van der Waals surface area contributed by atoms with Gasteiger partial charge in [0.2, 0.25) is 5.91 Å². The van der Waals surface area contributed by atoms with Crippen LogP contribution in [-0.2, 0) is 9.59 Å². The number of Topliss-reactive ketones (excluding diaryl/α,β-unsaturated/α-hetero) is 1. The van der Waals surface area contributed by atoms with Gasteiger partial charge in [0.25, 0.3) is 0 Å². The molecule has 1 amide bonds. The second-order valence-electron chi connectivity index (χ2n) is 9.09. The summed E-state index contributed by atoms with van der Waals surface area (Å²) < 4.78 is 0. The van der Waals surface area contributed by atoms with Gasteiger partial charge in [-0.1, -0.05) is 26.3 Å². The highest BCUT2D eigenvalue weighted by Crippen LogP contribution is 2.63. The van der Waals surface area contributed by atoms with Gasteiger partial charge in [-0.15, -0.1) is 0 Å².